The maximum atomic E-state index is 13.3. The predicted molar refractivity (Wildman–Crippen MR) is 82.1 cm³/mol. The molecule has 1 aliphatic rings. The van der Waals surface area contributed by atoms with Crippen LogP contribution in [-0.4, -0.2) is 26.1 Å². The first-order valence-electron chi connectivity index (χ1n) is 8.13. The number of carbonyl (C=O) groups is 1. The normalized spacial score (nSPS) is 14.9. The van der Waals surface area contributed by atoms with Gasteiger partial charge in [0.15, 0.2) is 17.5 Å². The van der Waals surface area contributed by atoms with E-state index < -0.39 is 11.6 Å². The van der Waals surface area contributed by atoms with Crippen molar-refractivity contribution in [2.24, 2.45) is 5.92 Å². The topological polar surface area (TPSA) is 72.7 Å². The number of amides is 1. The molecule has 1 amide bonds. The number of hydrogen-bond acceptors (Lipinski definition) is 4. The molecule has 0 aliphatic heterocycles. The first-order chi connectivity index (χ1) is 11.6. The molecule has 24 heavy (non-hydrogen) atoms. The Labute approximate surface area is 138 Å². The molecule has 0 unspecified atom stereocenters. The predicted octanol–water partition coefficient (Wildman–Crippen LogP) is 2.53. The lowest BCUT2D eigenvalue weighted by Gasteiger charge is -2.09. The number of hydrogen-bond donors (Lipinski definition) is 1. The Morgan fingerprint density at radius 1 is 1.25 bits per heavy atom. The standard InChI is InChI=1S/C16H19F2N5O/c17-13-7-6-12(9-14(13)18)23-15(20-21-22-23)10-19-16(24)8-5-11-3-1-2-4-11/h6-7,9,11H,1-5,8,10H2,(H,19,24). The monoisotopic (exact) mass is 335 g/mol. The molecule has 8 heteroatoms. The lowest BCUT2D eigenvalue weighted by atomic mass is 10.0. The third-order valence-electron chi connectivity index (χ3n) is 4.38. The van der Waals surface area contributed by atoms with Crippen LogP contribution in [0.2, 0.25) is 0 Å². The second-order valence-electron chi connectivity index (χ2n) is 6.07. The van der Waals surface area contributed by atoms with Crippen LogP contribution in [0.5, 0.6) is 0 Å². The molecule has 1 heterocycles. The fraction of sp³-hybridized carbons (Fsp3) is 0.500. The Morgan fingerprint density at radius 3 is 2.79 bits per heavy atom. The highest BCUT2D eigenvalue weighted by atomic mass is 19.2. The van der Waals surface area contributed by atoms with Gasteiger partial charge in [-0.2, -0.15) is 4.68 Å². The van der Waals surface area contributed by atoms with E-state index >= 15 is 0 Å². The molecular weight excluding hydrogens is 316 g/mol. The maximum absolute atomic E-state index is 13.3. The van der Waals surface area contributed by atoms with Gasteiger partial charge in [0.05, 0.1) is 12.2 Å². The largest absolute Gasteiger partial charge is 0.349 e. The van der Waals surface area contributed by atoms with Crippen molar-refractivity contribution in [1.29, 1.82) is 0 Å². The summed E-state index contributed by atoms with van der Waals surface area (Å²) in [5.41, 5.74) is 0.300. The molecule has 3 rings (SSSR count). The van der Waals surface area contributed by atoms with E-state index in [4.69, 9.17) is 0 Å². The minimum absolute atomic E-state index is 0.0539. The Bertz CT molecular complexity index is 712. The Hall–Kier alpha value is -2.38. The molecule has 1 aliphatic carbocycles. The summed E-state index contributed by atoms with van der Waals surface area (Å²) in [6.07, 6.45) is 6.32. The average Bonchev–Trinajstić information content (AvgIpc) is 3.25. The number of nitrogens with zero attached hydrogens (tertiary/aromatic N) is 4. The van der Waals surface area contributed by atoms with Gasteiger partial charge in [-0.1, -0.05) is 25.7 Å². The van der Waals surface area contributed by atoms with Gasteiger partial charge in [0.1, 0.15) is 0 Å². The summed E-state index contributed by atoms with van der Waals surface area (Å²) in [6.45, 7) is 0.134. The number of benzene rings is 1. The van der Waals surface area contributed by atoms with Gasteiger partial charge < -0.3 is 5.32 Å². The van der Waals surface area contributed by atoms with Gasteiger partial charge in [-0.25, -0.2) is 8.78 Å². The number of nitrogens with one attached hydrogen (secondary N) is 1. The minimum atomic E-state index is -0.977. The quantitative estimate of drug-likeness (QED) is 0.880. The summed E-state index contributed by atoms with van der Waals surface area (Å²) in [4.78, 5) is 11.9. The van der Waals surface area contributed by atoms with Crippen LogP contribution in [-0.2, 0) is 11.3 Å². The molecule has 0 spiro atoms. The van der Waals surface area contributed by atoms with Gasteiger partial charge in [0.2, 0.25) is 5.91 Å². The van der Waals surface area contributed by atoms with Crippen molar-refractivity contribution in [3.63, 3.8) is 0 Å². The molecule has 0 radical (unpaired) electrons. The fourth-order valence-electron chi connectivity index (χ4n) is 3.03. The van der Waals surface area contributed by atoms with Crippen LogP contribution in [0, 0.1) is 17.6 Å². The van der Waals surface area contributed by atoms with Crippen LogP contribution >= 0.6 is 0 Å². The molecule has 1 fully saturated rings. The van der Waals surface area contributed by atoms with Crippen LogP contribution < -0.4 is 5.32 Å². The number of rotatable bonds is 6. The number of tetrazole rings is 1. The van der Waals surface area contributed by atoms with Crippen molar-refractivity contribution < 1.29 is 13.6 Å². The summed E-state index contributed by atoms with van der Waals surface area (Å²) < 4.78 is 27.6. The lowest BCUT2D eigenvalue weighted by molar-refractivity contribution is -0.121. The first-order valence-corrected chi connectivity index (χ1v) is 8.13. The van der Waals surface area contributed by atoms with Crippen LogP contribution in [0.4, 0.5) is 8.78 Å². The zero-order valence-corrected chi connectivity index (χ0v) is 13.2. The molecule has 128 valence electrons. The molecular formula is C16H19F2N5O. The van der Waals surface area contributed by atoms with Gasteiger partial charge in [0.25, 0.3) is 0 Å². The van der Waals surface area contributed by atoms with E-state index in [1.807, 2.05) is 0 Å². The Kier molecular flexibility index (Phi) is 5.12. The highest BCUT2D eigenvalue weighted by Gasteiger charge is 2.17. The molecule has 1 N–H and O–H groups in total. The van der Waals surface area contributed by atoms with Crippen molar-refractivity contribution in [2.45, 2.75) is 45.1 Å². The lowest BCUT2D eigenvalue weighted by Crippen LogP contribution is -2.25. The minimum Gasteiger partial charge on any atom is -0.349 e. The third kappa shape index (κ3) is 3.93. The zero-order valence-electron chi connectivity index (χ0n) is 13.2. The molecule has 0 saturated heterocycles. The summed E-state index contributed by atoms with van der Waals surface area (Å²) >= 11 is 0. The molecule has 0 bridgehead atoms. The summed E-state index contributed by atoms with van der Waals surface area (Å²) in [5, 5.41) is 13.9. The van der Waals surface area contributed by atoms with Crippen LogP contribution in [0.25, 0.3) is 5.69 Å². The van der Waals surface area contributed by atoms with E-state index in [1.54, 1.807) is 0 Å². The molecule has 2 aromatic rings. The second-order valence-corrected chi connectivity index (χ2v) is 6.07. The van der Waals surface area contributed by atoms with Crippen molar-refractivity contribution in [1.82, 2.24) is 25.5 Å². The smallest absolute Gasteiger partial charge is 0.220 e. The Morgan fingerprint density at radius 2 is 2.04 bits per heavy atom. The third-order valence-corrected chi connectivity index (χ3v) is 4.38. The van der Waals surface area contributed by atoms with Gasteiger partial charge in [-0.15, -0.1) is 5.10 Å². The fourth-order valence-corrected chi connectivity index (χ4v) is 3.03. The first kappa shape index (κ1) is 16.5. The Balaban J connectivity index is 1.57. The SMILES string of the molecule is O=C(CCC1CCCC1)NCc1nnnn1-c1ccc(F)c(F)c1. The number of aromatic nitrogens is 4. The van der Waals surface area contributed by atoms with Crippen LogP contribution in [0.3, 0.4) is 0 Å². The molecule has 6 nitrogen and oxygen atoms in total. The van der Waals surface area contributed by atoms with E-state index in [1.165, 1.54) is 36.4 Å². The van der Waals surface area contributed by atoms with Gasteiger partial charge in [0, 0.05) is 12.5 Å². The van der Waals surface area contributed by atoms with Crippen LogP contribution in [0.15, 0.2) is 18.2 Å². The van der Waals surface area contributed by atoms with Crippen LogP contribution in [0.1, 0.15) is 44.3 Å². The van der Waals surface area contributed by atoms with Gasteiger partial charge in [-0.3, -0.25) is 4.79 Å². The van der Waals surface area contributed by atoms with Crippen molar-refractivity contribution >= 4 is 5.91 Å². The van der Waals surface area contributed by atoms with E-state index in [0.717, 1.165) is 18.6 Å². The molecule has 0 atom stereocenters. The van der Waals surface area contributed by atoms with E-state index in [2.05, 4.69) is 20.8 Å². The highest BCUT2D eigenvalue weighted by molar-refractivity contribution is 5.75. The van der Waals surface area contributed by atoms with Gasteiger partial charge >= 0.3 is 0 Å². The number of halogens is 2. The summed E-state index contributed by atoms with van der Waals surface area (Å²) in [7, 11) is 0. The average molecular weight is 335 g/mol. The highest BCUT2D eigenvalue weighted by Crippen LogP contribution is 2.28. The summed E-state index contributed by atoms with van der Waals surface area (Å²) in [6, 6.07) is 3.40. The van der Waals surface area contributed by atoms with Crippen molar-refractivity contribution in [2.75, 3.05) is 0 Å². The second kappa shape index (κ2) is 7.46. The number of carbonyl (C=O) groups excluding carboxylic acids is 1. The van der Waals surface area contributed by atoms with Crippen molar-refractivity contribution in [3.05, 3.63) is 35.7 Å². The molecule has 1 saturated carbocycles. The molecule has 1 aromatic heterocycles. The van der Waals surface area contributed by atoms with E-state index in [9.17, 15) is 13.6 Å². The van der Waals surface area contributed by atoms with Gasteiger partial charge in [-0.05, 0) is 34.9 Å². The zero-order chi connectivity index (χ0) is 16.9. The van der Waals surface area contributed by atoms with E-state index in [0.29, 0.717) is 23.9 Å². The van der Waals surface area contributed by atoms with E-state index in [-0.39, 0.29) is 12.5 Å². The maximum Gasteiger partial charge on any atom is 0.220 e. The van der Waals surface area contributed by atoms with Crippen molar-refractivity contribution in [3.8, 4) is 5.69 Å². The summed E-state index contributed by atoms with van der Waals surface area (Å²) in [5.74, 6) is -0.955. The molecule has 1 aromatic carbocycles.